The first-order valence-corrected chi connectivity index (χ1v) is 9.02. The maximum absolute atomic E-state index is 12.9. The van der Waals surface area contributed by atoms with Crippen molar-refractivity contribution in [2.75, 3.05) is 5.73 Å². The lowest BCUT2D eigenvalue weighted by molar-refractivity contribution is 0.0963. The van der Waals surface area contributed by atoms with Gasteiger partial charge in [0, 0.05) is 17.5 Å². The van der Waals surface area contributed by atoms with Gasteiger partial charge in [-0.1, -0.05) is 60.7 Å². The van der Waals surface area contributed by atoms with Crippen LogP contribution in [0, 0.1) is 0 Å². The highest BCUT2D eigenvalue weighted by Gasteiger charge is 2.29. The Labute approximate surface area is 156 Å². The Hall–Kier alpha value is -3.47. The SMILES string of the molecule is Nc1nc(-c2ccccc2)c2cc3c(nn12)C[C@@H](c1ccccc1)CC3=O. The molecule has 5 heteroatoms. The van der Waals surface area contributed by atoms with Crippen molar-refractivity contribution in [3.05, 3.63) is 83.6 Å². The molecule has 2 heterocycles. The van der Waals surface area contributed by atoms with Crippen LogP contribution >= 0.6 is 0 Å². The number of anilines is 1. The molecule has 0 saturated heterocycles. The van der Waals surface area contributed by atoms with Gasteiger partial charge in [-0.15, -0.1) is 0 Å². The highest BCUT2D eigenvalue weighted by atomic mass is 16.1. The summed E-state index contributed by atoms with van der Waals surface area (Å²) in [6.45, 7) is 0. The van der Waals surface area contributed by atoms with Crippen LogP contribution in [0.5, 0.6) is 0 Å². The zero-order valence-corrected chi connectivity index (χ0v) is 14.7. The second-order valence-corrected chi connectivity index (χ2v) is 6.93. The van der Waals surface area contributed by atoms with E-state index in [1.54, 1.807) is 4.52 Å². The van der Waals surface area contributed by atoms with E-state index >= 15 is 0 Å². The number of imidazole rings is 1. The molecular formula is C22H18N4O. The van der Waals surface area contributed by atoms with E-state index < -0.39 is 0 Å². The van der Waals surface area contributed by atoms with Crippen LogP contribution < -0.4 is 5.73 Å². The summed E-state index contributed by atoms with van der Waals surface area (Å²) in [6, 6.07) is 21.9. The third-order valence-corrected chi connectivity index (χ3v) is 5.22. The van der Waals surface area contributed by atoms with Crippen LogP contribution in [0.4, 0.5) is 5.95 Å². The smallest absolute Gasteiger partial charge is 0.222 e. The van der Waals surface area contributed by atoms with Crippen LogP contribution in [0.2, 0.25) is 0 Å². The summed E-state index contributed by atoms with van der Waals surface area (Å²) in [4.78, 5) is 17.4. The third-order valence-electron chi connectivity index (χ3n) is 5.22. The number of hydrogen-bond donors (Lipinski definition) is 1. The maximum atomic E-state index is 12.9. The maximum Gasteiger partial charge on any atom is 0.222 e. The largest absolute Gasteiger partial charge is 0.368 e. The summed E-state index contributed by atoms with van der Waals surface area (Å²) >= 11 is 0. The molecule has 0 aliphatic heterocycles. The minimum absolute atomic E-state index is 0.124. The second-order valence-electron chi connectivity index (χ2n) is 6.93. The topological polar surface area (TPSA) is 73.3 Å². The van der Waals surface area contributed by atoms with Crippen molar-refractivity contribution in [2.45, 2.75) is 18.8 Å². The molecule has 5 nitrogen and oxygen atoms in total. The fourth-order valence-electron chi connectivity index (χ4n) is 3.87. The summed E-state index contributed by atoms with van der Waals surface area (Å²) < 4.78 is 1.65. The lowest BCUT2D eigenvalue weighted by Gasteiger charge is -2.23. The molecule has 1 aliphatic rings. The highest BCUT2D eigenvalue weighted by molar-refractivity contribution is 6.00. The summed E-state index contributed by atoms with van der Waals surface area (Å²) in [7, 11) is 0. The first-order chi connectivity index (χ1) is 13.2. The molecule has 0 unspecified atom stereocenters. The van der Waals surface area contributed by atoms with Gasteiger partial charge in [-0.25, -0.2) is 4.98 Å². The van der Waals surface area contributed by atoms with Crippen molar-refractivity contribution >= 4 is 17.2 Å². The van der Waals surface area contributed by atoms with Gasteiger partial charge in [0.1, 0.15) is 5.69 Å². The Morgan fingerprint density at radius 2 is 1.67 bits per heavy atom. The van der Waals surface area contributed by atoms with Gasteiger partial charge in [0.25, 0.3) is 0 Å². The Morgan fingerprint density at radius 3 is 2.41 bits per heavy atom. The van der Waals surface area contributed by atoms with Crippen molar-refractivity contribution in [1.29, 1.82) is 0 Å². The summed E-state index contributed by atoms with van der Waals surface area (Å²) in [5, 5.41) is 4.70. The first-order valence-electron chi connectivity index (χ1n) is 9.02. The second kappa shape index (κ2) is 6.06. The van der Waals surface area contributed by atoms with Gasteiger partial charge < -0.3 is 5.73 Å². The van der Waals surface area contributed by atoms with Gasteiger partial charge in [-0.05, 0) is 24.0 Å². The van der Waals surface area contributed by atoms with E-state index in [0.717, 1.165) is 28.9 Å². The molecule has 5 rings (SSSR count). The Morgan fingerprint density at radius 1 is 0.963 bits per heavy atom. The summed E-state index contributed by atoms with van der Waals surface area (Å²) in [5.74, 6) is 0.606. The van der Waals surface area contributed by atoms with E-state index in [9.17, 15) is 4.79 Å². The predicted octanol–water partition coefficient (Wildman–Crippen LogP) is 3.89. The number of rotatable bonds is 2. The molecule has 2 aromatic carbocycles. The fourth-order valence-corrected chi connectivity index (χ4v) is 3.87. The van der Waals surface area contributed by atoms with Crippen LogP contribution in [-0.2, 0) is 6.42 Å². The number of carbonyl (C=O) groups excluding carboxylic acids is 1. The van der Waals surface area contributed by atoms with Gasteiger partial charge in [-0.2, -0.15) is 9.61 Å². The standard InChI is InChI=1S/C22H18N4O/c23-22-24-21(15-9-5-2-6-10-15)19-13-17-18(25-26(19)22)11-16(12-20(17)27)14-7-3-1-4-8-14/h1-10,13,16H,11-12H2,(H2,23,24)/t16-/m1/s1. The van der Waals surface area contributed by atoms with E-state index in [1.165, 1.54) is 5.56 Å². The number of aromatic nitrogens is 3. The molecule has 0 saturated carbocycles. The Bertz CT molecular complexity index is 1150. The zero-order valence-electron chi connectivity index (χ0n) is 14.7. The molecule has 0 bridgehead atoms. The van der Waals surface area contributed by atoms with Crippen LogP contribution in [0.15, 0.2) is 66.7 Å². The van der Waals surface area contributed by atoms with Crippen molar-refractivity contribution in [3.63, 3.8) is 0 Å². The first kappa shape index (κ1) is 15.8. The van der Waals surface area contributed by atoms with Gasteiger partial charge in [0.15, 0.2) is 5.78 Å². The number of hydrogen-bond acceptors (Lipinski definition) is 4. The van der Waals surface area contributed by atoms with Crippen molar-refractivity contribution < 1.29 is 4.79 Å². The van der Waals surface area contributed by atoms with Crippen molar-refractivity contribution in [1.82, 2.24) is 14.6 Å². The molecule has 0 spiro atoms. The van der Waals surface area contributed by atoms with Crippen LogP contribution in [0.3, 0.4) is 0 Å². The molecule has 0 radical (unpaired) electrons. The van der Waals surface area contributed by atoms with E-state index in [1.807, 2.05) is 54.6 Å². The van der Waals surface area contributed by atoms with E-state index in [0.29, 0.717) is 17.9 Å². The lowest BCUT2D eigenvalue weighted by atomic mass is 9.82. The highest BCUT2D eigenvalue weighted by Crippen LogP contribution is 2.34. The van der Waals surface area contributed by atoms with Crippen LogP contribution in [0.25, 0.3) is 16.8 Å². The molecule has 4 aromatic rings. The van der Waals surface area contributed by atoms with Crippen molar-refractivity contribution in [3.8, 4) is 11.3 Å². The minimum atomic E-state index is 0.124. The third kappa shape index (κ3) is 2.59. The number of carbonyl (C=O) groups is 1. The Kier molecular flexibility index (Phi) is 3.53. The lowest BCUT2D eigenvalue weighted by Crippen LogP contribution is -2.21. The number of benzene rings is 2. The molecule has 132 valence electrons. The molecule has 1 atom stereocenters. The number of nitrogens with two attached hydrogens (primary N) is 1. The van der Waals surface area contributed by atoms with Crippen LogP contribution in [0.1, 0.15) is 34.0 Å². The average molecular weight is 354 g/mol. The zero-order chi connectivity index (χ0) is 18.4. The van der Waals surface area contributed by atoms with Crippen LogP contribution in [-0.4, -0.2) is 20.4 Å². The van der Waals surface area contributed by atoms with E-state index in [4.69, 9.17) is 10.8 Å². The quantitative estimate of drug-likeness (QED) is 0.593. The normalized spacial score (nSPS) is 16.4. The summed E-state index contributed by atoms with van der Waals surface area (Å²) in [5.41, 5.74) is 11.3. The van der Waals surface area contributed by atoms with Crippen molar-refractivity contribution in [2.24, 2.45) is 0 Å². The summed E-state index contributed by atoms with van der Waals surface area (Å²) in [6.07, 6.45) is 1.22. The van der Waals surface area contributed by atoms with Gasteiger partial charge >= 0.3 is 0 Å². The molecule has 1 aliphatic carbocycles. The molecular weight excluding hydrogens is 336 g/mol. The Balaban J connectivity index is 1.64. The van der Waals surface area contributed by atoms with Gasteiger partial charge in [0.05, 0.1) is 11.2 Å². The molecule has 2 aromatic heterocycles. The van der Waals surface area contributed by atoms with E-state index in [-0.39, 0.29) is 11.7 Å². The predicted molar refractivity (Wildman–Crippen MR) is 105 cm³/mol. The minimum Gasteiger partial charge on any atom is -0.368 e. The fraction of sp³-hybridized carbons (Fsp3) is 0.136. The van der Waals surface area contributed by atoms with Gasteiger partial charge in [0.2, 0.25) is 5.95 Å². The molecule has 0 fully saturated rings. The monoisotopic (exact) mass is 354 g/mol. The number of ketones is 1. The molecule has 0 amide bonds. The number of fused-ring (bicyclic) bond motifs is 2. The average Bonchev–Trinajstić information content (AvgIpc) is 3.04. The number of Topliss-reactive ketones (excluding diaryl/α,β-unsaturated/α-hetero) is 1. The molecule has 2 N–H and O–H groups in total. The van der Waals surface area contributed by atoms with Gasteiger partial charge in [-0.3, -0.25) is 4.79 Å². The molecule has 27 heavy (non-hydrogen) atoms. The number of nitrogen functional groups attached to an aromatic ring is 1. The number of nitrogens with zero attached hydrogens (tertiary/aromatic N) is 3. The van der Waals surface area contributed by atoms with E-state index in [2.05, 4.69) is 17.1 Å².